The Morgan fingerprint density at radius 2 is 2.00 bits per heavy atom. The van der Waals surface area contributed by atoms with Crippen LogP contribution in [0.3, 0.4) is 0 Å². The summed E-state index contributed by atoms with van der Waals surface area (Å²) in [4.78, 5) is 12.3. The molecule has 0 bridgehead atoms. The molecule has 156 valence electrons. The van der Waals surface area contributed by atoms with E-state index in [1.54, 1.807) is 6.92 Å². The van der Waals surface area contributed by atoms with Crippen LogP contribution in [0.1, 0.15) is 50.4 Å². The Labute approximate surface area is 169 Å². The molecule has 3 N–H and O–H groups in total. The normalized spacial score (nSPS) is 21.7. The number of halogens is 2. The van der Waals surface area contributed by atoms with Gasteiger partial charge in [0.15, 0.2) is 16.6 Å². The molecule has 0 saturated heterocycles. The average Bonchev–Trinajstić information content (AvgIpc) is 2.64. The molecule has 0 aromatic heterocycles. The Kier molecular flexibility index (Phi) is 8.22. The lowest BCUT2D eigenvalue weighted by Crippen LogP contribution is -2.52. The summed E-state index contributed by atoms with van der Waals surface area (Å²) in [5, 5.41) is 3.58. The van der Waals surface area contributed by atoms with Crippen LogP contribution in [0.25, 0.3) is 0 Å². The molecule has 0 heterocycles. The number of nitrogens with one attached hydrogen (secondary N) is 3. The summed E-state index contributed by atoms with van der Waals surface area (Å²) in [5.41, 5.74) is 5.42. The maximum Gasteiger partial charge on any atom is 0.387 e. The number of benzene rings is 1. The van der Waals surface area contributed by atoms with Gasteiger partial charge in [0.2, 0.25) is 0 Å². The highest BCUT2D eigenvalue weighted by atomic mass is 32.1. The summed E-state index contributed by atoms with van der Waals surface area (Å²) in [6.07, 6.45) is 3.39. The first-order chi connectivity index (χ1) is 13.3. The minimum absolute atomic E-state index is 0.0705. The van der Waals surface area contributed by atoms with Gasteiger partial charge in [-0.05, 0) is 55.6 Å². The van der Waals surface area contributed by atoms with Crippen molar-refractivity contribution in [1.82, 2.24) is 16.2 Å². The number of carbonyl (C=O) groups excluding carboxylic acids is 1. The van der Waals surface area contributed by atoms with Crippen molar-refractivity contribution in [2.45, 2.75) is 52.7 Å². The van der Waals surface area contributed by atoms with E-state index in [1.807, 2.05) is 0 Å². The second-order valence-electron chi connectivity index (χ2n) is 6.90. The van der Waals surface area contributed by atoms with Crippen molar-refractivity contribution >= 4 is 23.2 Å². The number of hydrogen-bond donors (Lipinski definition) is 3. The van der Waals surface area contributed by atoms with Crippen LogP contribution >= 0.6 is 12.2 Å². The van der Waals surface area contributed by atoms with Crippen LogP contribution in [0.2, 0.25) is 0 Å². The molecule has 1 aromatic rings. The molecule has 0 unspecified atom stereocenters. The predicted octanol–water partition coefficient (Wildman–Crippen LogP) is 3.62. The average molecular weight is 416 g/mol. The molecule has 6 nitrogen and oxygen atoms in total. The van der Waals surface area contributed by atoms with E-state index in [1.165, 1.54) is 24.6 Å². The van der Waals surface area contributed by atoms with Crippen molar-refractivity contribution in [3.05, 3.63) is 23.8 Å². The van der Waals surface area contributed by atoms with Crippen molar-refractivity contribution in [2.24, 2.45) is 11.8 Å². The summed E-state index contributed by atoms with van der Waals surface area (Å²) < 4.78 is 34.6. The number of thiocarbonyl (C=S) groups is 1. The van der Waals surface area contributed by atoms with Gasteiger partial charge in [-0.25, -0.2) is 0 Å². The molecule has 0 aliphatic heterocycles. The van der Waals surface area contributed by atoms with Crippen molar-refractivity contribution in [3.8, 4) is 11.5 Å². The number of rotatable bonds is 6. The van der Waals surface area contributed by atoms with Crippen molar-refractivity contribution in [2.75, 3.05) is 6.61 Å². The minimum atomic E-state index is -2.98. The Hall–Kier alpha value is -2.16. The van der Waals surface area contributed by atoms with Gasteiger partial charge >= 0.3 is 6.61 Å². The zero-order valence-electron chi connectivity index (χ0n) is 16.3. The molecule has 1 aliphatic carbocycles. The first-order valence-corrected chi connectivity index (χ1v) is 9.81. The van der Waals surface area contributed by atoms with Gasteiger partial charge in [0.1, 0.15) is 0 Å². The maximum atomic E-state index is 12.5. The van der Waals surface area contributed by atoms with Crippen molar-refractivity contribution in [1.29, 1.82) is 0 Å². The lowest BCUT2D eigenvalue weighted by Gasteiger charge is -2.35. The van der Waals surface area contributed by atoms with E-state index in [0.717, 1.165) is 12.8 Å². The van der Waals surface area contributed by atoms with Gasteiger partial charge < -0.3 is 14.8 Å². The zero-order chi connectivity index (χ0) is 20.7. The summed E-state index contributed by atoms with van der Waals surface area (Å²) in [6, 6.07) is 4.25. The molecular weight excluding hydrogens is 388 g/mol. The smallest absolute Gasteiger partial charge is 0.387 e. The lowest BCUT2D eigenvalue weighted by atomic mass is 9.78. The third-order valence-corrected chi connectivity index (χ3v) is 5.25. The van der Waals surface area contributed by atoms with Crippen LogP contribution in [0, 0.1) is 11.8 Å². The molecule has 28 heavy (non-hydrogen) atoms. The van der Waals surface area contributed by atoms with Gasteiger partial charge in [-0.3, -0.25) is 15.6 Å². The standard InChI is InChI=1S/C19H27F2N3O3S/c1-4-26-16-10-13(8-9-15(16)27-18(20)21)17(25)23-24-19(28)22-14-7-5-6-11(2)12(14)3/h8-12,14,18H,4-7H2,1-3H3,(H,23,25)(H2,22,24,28)/t11-,12-,14-/m0/s1. The van der Waals surface area contributed by atoms with Gasteiger partial charge in [-0.15, -0.1) is 0 Å². The van der Waals surface area contributed by atoms with Crippen LogP contribution < -0.4 is 25.6 Å². The van der Waals surface area contributed by atoms with Crippen LogP contribution in [0.4, 0.5) is 8.78 Å². The van der Waals surface area contributed by atoms with E-state index in [2.05, 4.69) is 34.8 Å². The maximum absolute atomic E-state index is 12.5. The number of hydrogen-bond acceptors (Lipinski definition) is 4. The molecule has 1 amide bonds. The Balaban J connectivity index is 1.93. The van der Waals surface area contributed by atoms with E-state index < -0.39 is 12.5 Å². The Bertz CT molecular complexity index is 690. The summed E-state index contributed by atoms with van der Waals surface area (Å²) >= 11 is 5.27. The molecule has 1 fully saturated rings. The highest BCUT2D eigenvalue weighted by Gasteiger charge is 2.27. The molecule has 3 atom stereocenters. The van der Waals surface area contributed by atoms with E-state index in [4.69, 9.17) is 17.0 Å². The number of amides is 1. The molecule has 0 radical (unpaired) electrons. The molecule has 2 rings (SSSR count). The van der Waals surface area contributed by atoms with Crippen LogP contribution in [-0.2, 0) is 0 Å². The van der Waals surface area contributed by atoms with Crippen LogP contribution in [0.5, 0.6) is 11.5 Å². The fourth-order valence-corrected chi connectivity index (χ4v) is 3.49. The Morgan fingerprint density at radius 3 is 2.68 bits per heavy atom. The molecule has 1 aliphatic rings. The van der Waals surface area contributed by atoms with E-state index >= 15 is 0 Å². The number of hydrazine groups is 1. The van der Waals surface area contributed by atoms with Gasteiger partial charge in [0.05, 0.1) is 6.61 Å². The molecule has 1 saturated carbocycles. The van der Waals surface area contributed by atoms with Crippen LogP contribution in [-0.4, -0.2) is 30.3 Å². The second-order valence-corrected chi connectivity index (χ2v) is 7.31. The van der Waals surface area contributed by atoms with Gasteiger partial charge in [-0.1, -0.05) is 26.7 Å². The number of carbonyl (C=O) groups is 1. The molecule has 1 aromatic carbocycles. The van der Waals surface area contributed by atoms with E-state index in [-0.39, 0.29) is 29.7 Å². The summed E-state index contributed by atoms with van der Waals surface area (Å²) in [7, 11) is 0. The predicted molar refractivity (Wildman–Crippen MR) is 107 cm³/mol. The van der Waals surface area contributed by atoms with E-state index in [0.29, 0.717) is 16.9 Å². The fourth-order valence-electron chi connectivity index (χ4n) is 3.29. The number of ether oxygens (including phenoxy) is 2. The van der Waals surface area contributed by atoms with Crippen molar-refractivity contribution in [3.63, 3.8) is 0 Å². The monoisotopic (exact) mass is 415 g/mol. The first-order valence-electron chi connectivity index (χ1n) is 9.40. The topological polar surface area (TPSA) is 71.6 Å². The van der Waals surface area contributed by atoms with Gasteiger partial charge in [0.25, 0.3) is 5.91 Å². The zero-order valence-corrected chi connectivity index (χ0v) is 17.1. The third kappa shape index (κ3) is 6.19. The highest BCUT2D eigenvalue weighted by Crippen LogP contribution is 2.30. The van der Waals surface area contributed by atoms with E-state index in [9.17, 15) is 13.6 Å². The molecule has 0 spiro atoms. The van der Waals surface area contributed by atoms with Crippen molar-refractivity contribution < 1.29 is 23.0 Å². The molecular formula is C19H27F2N3O3S. The van der Waals surface area contributed by atoms with Gasteiger partial charge in [0, 0.05) is 11.6 Å². The highest BCUT2D eigenvalue weighted by molar-refractivity contribution is 7.80. The second kappa shape index (κ2) is 10.4. The minimum Gasteiger partial charge on any atom is -0.490 e. The Morgan fingerprint density at radius 1 is 1.25 bits per heavy atom. The quantitative estimate of drug-likeness (QED) is 0.487. The molecule has 9 heteroatoms. The third-order valence-electron chi connectivity index (χ3n) is 5.03. The van der Waals surface area contributed by atoms with Gasteiger partial charge in [-0.2, -0.15) is 8.78 Å². The lowest BCUT2D eigenvalue weighted by molar-refractivity contribution is -0.0514. The summed E-state index contributed by atoms with van der Waals surface area (Å²) in [5.74, 6) is 0.578. The SMILES string of the molecule is CCOc1cc(C(=O)NNC(=S)N[C@H]2CCC[C@H](C)[C@@H]2C)ccc1OC(F)F. The largest absolute Gasteiger partial charge is 0.490 e. The fraction of sp³-hybridized carbons (Fsp3) is 0.579. The summed E-state index contributed by atoms with van der Waals surface area (Å²) in [6.45, 7) is 3.40. The number of alkyl halides is 2. The first kappa shape index (κ1) is 22.1. The van der Waals surface area contributed by atoms with Crippen LogP contribution in [0.15, 0.2) is 18.2 Å².